The van der Waals surface area contributed by atoms with Crippen molar-refractivity contribution in [2.24, 2.45) is 5.92 Å². The highest BCUT2D eigenvalue weighted by molar-refractivity contribution is 5.76. The second-order valence-electron chi connectivity index (χ2n) is 4.39. The smallest absolute Gasteiger partial charge is 0.222 e. The molecule has 0 aliphatic rings. The SMILES string of the molecule is CCC(C)CNCCCC(=O)N(CC)CC. The van der Waals surface area contributed by atoms with E-state index in [1.54, 1.807) is 0 Å². The molecule has 0 fully saturated rings. The van der Waals surface area contributed by atoms with Crippen molar-refractivity contribution < 1.29 is 4.79 Å². The van der Waals surface area contributed by atoms with Gasteiger partial charge in [-0.15, -0.1) is 0 Å². The van der Waals surface area contributed by atoms with Gasteiger partial charge in [-0.1, -0.05) is 20.3 Å². The summed E-state index contributed by atoms with van der Waals surface area (Å²) in [4.78, 5) is 13.6. The molecular formula is C13H28N2O. The van der Waals surface area contributed by atoms with Crippen LogP contribution in [0.2, 0.25) is 0 Å². The van der Waals surface area contributed by atoms with E-state index in [0.717, 1.165) is 38.5 Å². The molecular weight excluding hydrogens is 200 g/mol. The summed E-state index contributed by atoms with van der Waals surface area (Å²) in [6.07, 6.45) is 2.84. The topological polar surface area (TPSA) is 32.3 Å². The molecule has 1 amide bonds. The lowest BCUT2D eigenvalue weighted by Gasteiger charge is -2.18. The van der Waals surface area contributed by atoms with Crippen LogP contribution in [0.5, 0.6) is 0 Å². The Kier molecular flexibility index (Phi) is 9.30. The molecule has 0 saturated heterocycles. The molecule has 0 aliphatic heterocycles. The summed E-state index contributed by atoms with van der Waals surface area (Å²) in [7, 11) is 0. The van der Waals surface area contributed by atoms with Gasteiger partial charge in [0.1, 0.15) is 0 Å². The second kappa shape index (κ2) is 9.64. The van der Waals surface area contributed by atoms with Gasteiger partial charge in [-0.3, -0.25) is 4.79 Å². The van der Waals surface area contributed by atoms with E-state index in [0.29, 0.717) is 6.42 Å². The molecule has 3 nitrogen and oxygen atoms in total. The molecule has 0 aromatic heterocycles. The predicted octanol–water partition coefficient (Wildman–Crippen LogP) is 2.27. The van der Waals surface area contributed by atoms with E-state index < -0.39 is 0 Å². The summed E-state index contributed by atoms with van der Waals surface area (Å²) in [5, 5.41) is 3.40. The molecule has 0 rings (SSSR count). The second-order valence-corrected chi connectivity index (χ2v) is 4.39. The zero-order valence-corrected chi connectivity index (χ0v) is 11.4. The Morgan fingerprint density at radius 2 is 1.88 bits per heavy atom. The molecule has 0 heterocycles. The first-order chi connectivity index (χ1) is 7.65. The number of carbonyl (C=O) groups excluding carboxylic acids is 1. The van der Waals surface area contributed by atoms with Gasteiger partial charge in [-0.2, -0.15) is 0 Å². The van der Waals surface area contributed by atoms with E-state index in [1.165, 1.54) is 6.42 Å². The zero-order chi connectivity index (χ0) is 12.4. The van der Waals surface area contributed by atoms with Gasteiger partial charge >= 0.3 is 0 Å². The number of carbonyl (C=O) groups is 1. The molecule has 96 valence electrons. The van der Waals surface area contributed by atoms with Gasteiger partial charge in [-0.05, 0) is 39.3 Å². The number of nitrogens with one attached hydrogen (secondary N) is 1. The van der Waals surface area contributed by atoms with Gasteiger partial charge in [0.15, 0.2) is 0 Å². The molecule has 0 spiro atoms. The van der Waals surface area contributed by atoms with Crippen molar-refractivity contribution in [2.75, 3.05) is 26.2 Å². The molecule has 16 heavy (non-hydrogen) atoms. The minimum absolute atomic E-state index is 0.287. The first-order valence-electron chi connectivity index (χ1n) is 6.64. The van der Waals surface area contributed by atoms with Crippen LogP contribution < -0.4 is 5.32 Å². The molecule has 3 heteroatoms. The van der Waals surface area contributed by atoms with Crippen LogP contribution >= 0.6 is 0 Å². The molecule has 1 unspecified atom stereocenters. The predicted molar refractivity (Wildman–Crippen MR) is 69.5 cm³/mol. The van der Waals surface area contributed by atoms with Gasteiger partial charge in [0.25, 0.3) is 0 Å². The summed E-state index contributed by atoms with van der Waals surface area (Å²) in [6.45, 7) is 12.2. The van der Waals surface area contributed by atoms with Gasteiger partial charge in [0.2, 0.25) is 5.91 Å². The van der Waals surface area contributed by atoms with E-state index in [1.807, 2.05) is 18.7 Å². The van der Waals surface area contributed by atoms with Crippen molar-refractivity contribution in [2.45, 2.75) is 47.0 Å². The van der Waals surface area contributed by atoms with Crippen molar-refractivity contribution in [3.05, 3.63) is 0 Å². The van der Waals surface area contributed by atoms with Crippen LogP contribution in [0.3, 0.4) is 0 Å². The van der Waals surface area contributed by atoms with Crippen molar-refractivity contribution in [1.82, 2.24) is 10.2 Å². The Morgan fingerprint density at radius 1 is 1.25 bits per heavy atom. The lowest BCUT2D eigenvalue weighted by molar-refractivity contribution is -0.130. The minimum Gasteiger partial charge on any atom is -0.343 e. The fraction of sp³-hybridized carbons (Fsp3) is 0.923. The van der Waals surface area contributed by atoms with Crippen LogP contribution in [0.4, 0.5) is 0 Å². The number of hydrogen-bond acceptors (Lipinski definition) is 2. The van der Waals surface area contributed by atoms with Gasteiger partial charge < -0.3 is 10.2 Å². The van der Waals surface area contributed by atoms with Crippen molar-refractivity contribution in [3.63, 3.8) is 0 Å². The van der Waals surface area contributed by atoms with Crippen LogP contribution in [0.25, 0.3) is 0 Å². The van der Waals surface area contributed by atoms with E-state index in [4.69, 9.17) is 0 Å². The van der Waals surface area contributed by atoms with Crippen molar-refractivity contribution in [3.8, 4) is 0 Å². The summed E-state index contributed by atoms with van der Waals surface area (Å²) in [5.41, 5.74) is 0. The Labute approximate surface area is 101 Å². The molecule has 0 aromatic rings. The number of hydrogen-bond donors (Lipinski definition) is 1. The highest BCUT2D eigenvalue weighted by Crippen LogP contribution is 1.99. The van der Waals surface area contributed by atoms with Crippen molar-refractivity contribution in [1.29, 1.82) is 0 Å². The molecule has 1 atom stereocenters. The quantitative estimate of drug-likeness (QED) is 0.614. The highest BCUT2D eigenvalue weighted by atomic mass is 16.2. The fourth-order valence-corrected chi connectivity index (χ4v) is 1.59. The van der Waals surface area contributed by atoms with Crippen molar-refractivity contribution >= 4 is 5.91 Å². The maximum absolute atomic E-state index is 11.7. The molecule has 0 aliphatic carbocycles. The van der Waals surface area contributed by atoms with Crippen LogP contribution in [-0.2, 0) is 4.79 Å². The number of amides is 1. The van der Waals surface area contributed by atoms with Crippen LogP contribution in [-0.4, -0.2) is 37.0 Å². The lowest BCUT2D eigenvalue weighted by atomic mass is 10.1. The average molecular weight is 228 g/mol. The number of rotatable bonds is 9. The normalized spacial score (nSPS) is 12.5. The van der Waals surface area contributed by atoms with Crippen LogP contribution in [0, 0.1) is 5.92 Å². The van der Waals surface area contributed by atoms with Gasteiger partial charge in [-0.25, -0.2) is 0 Å². The Hall–Kier alpha value is -0.570. The molecule has 1 N–H and O–H groups in total. The third kappa shape index (κ3) is 6.83. The number of nitrogens with zero attached hydrogens (tertiary/aromatic N) is 1. The van der Waals surface area contributed by atoms with E-state index in [2.05, 4.69) is 19.2 Å². The standard InChI is InChI=1S/C13H28N2O/c1-5-12(4)11-14-10-8-9-13(16)15(6-2)7-3/h12,14H,5-11H2,1-4H3. The fourth-order valence-electron chi connectivity index (χ4n) is 1.59. The average Bonchev–Trinajstić information content (AvgIpc) is 2.29. The largest absolute Gasteiger partial charge is 0.343 e. The molecule has 0 saturated carbocycles. The van der Waals surface area contributed by atoms with Crippen LogP contribution in [0.15, 0.2) is 0 Å². The Bertz CT molecular complexity index is 179. The van der Waals surface area contributed by atoms with Gasteiger partial charge in [0.05, 0.1) is 0 Å². The molecule has 0 bridgehead atoms. The summed E-state index contributed by atoms with van der Waals surface area (Å²) >= 11 is 0. The third-order valence-corrected chi connectivity index (χ3v) is 3.05. The molecule has 0 aromatic carbocycles. The Morgan fingerprint density at radius 3 is 2.38 bits per heavy atom. The van der Waals surface area contributed by atoms with E-state index in [9.17, 15) is 4.79 Å². The highest BCUT2D eigenvalue weighted by Gasteiger charge is 2.08. The Balaban J connectivity index is 3.47. The first-order valence-corrected chi connectivity index (χ1v) is 6.64. The lowest BCUT2D eigenvalue weighted by Crippen LogP contribution is -2.31. The minimum atomic E-state index is 0.287. The van der Waals surface area contributed by atoms with E-state index in [-0.39, 0.29) is 5.91 Å². The summed E-state index contributed by atoms with van der Waals surface area (Å²) in [5.74, 6) is 1.02. The third-order valence-electron chi connectivity index (χ3n) is 3.05. The first kappa shape index (κ1) is 15.4. The van der Waals surface area contributed by atoms with Gasteiger partial charge in [0, 0.05) is 19.5 Å². The summed E-state index contributed by atoms with van der Waals surface area (Å²) < 4.78 is 0. The van der Waals surface area contributed by atoms with E-state index >= 15 is 0 Å². The molecule has 0 radical (unpaired) electrons. The maximum Gasteiger partial charge on any atom is 0.222 e. The summed E-state index contributed by atoms with van der Waals surface area (Å²) in [6, 6.07) is 0. The zero-order valence-electron chi connectivity index (χ0n) is 11.4. The van der Waals surface area contributed by atoms with Crippen LogP contribution in [0.1, 0.15) is 47.0 Å². The maximum atomic E-state index is 11.7. The monoisotopic (exact) mass is 228 g/mol.